The van der Waals surface area contributed by atoms with Crippen LogP contribution in [0.25, 0.3) is 0 Å². The molecule has 1 aliphatic rings. The first-order valence-electron chi connectivity index (χ1n) is 11.7. The molecule has 0 spiro atoms. The molecular formula is C24H32ClN3O6S2. The molecule has 198 valence electrons. The number of nitrogens with zero attached hydrogens (tertiary/aromatic N) is 2. The van der Waals surface area contributed by atoms with Crippen molar-refractivity contribution in [3.63, 3.8) is 0 Å². The third kappa shape index (κ3) is 6.90. The maximum Gasteiger partial charge on any atom is 0.243 e. The normalized spacial score (nSPS) is 15.8. The number of rotatable bonds is 10. The number of nitrogens with one attached hydrogen (secondary N) is 1. The number of aryl methyl sites for hydroxylation is 1. The number of hydrogen-bond acceptors (Lipinski definition) is 6. The standard InChI is InChI=1S/C24H32ClN3O6S2/c1-18-7-8-20(17-23(18)25)28(35(3,30)31)19(2)24(29)26-13-16-34-21-9-11-22(12-10-21)36(32,33)27-14-5-4-6-15-27/h7-12,17,19H,4-6,13-16H2,1-3H3,(H,26,29)/t19-/m0/s1. The van der Waals surface area contributed by atoms with Gasteiger partial charge in [0.05, 0.1) is 23.4 Å². The van der Waals surface area contributed by atoms with Crippen LogP contribution in [0.2, 0.25) is 5.02 Å². The summed E-state index contributed by atoms with van der Waals surface area (Å²) in [5.41, 5.74) is 1.09. The molecule has 2 aromatic rings. The Kier molecular flexibility index (Phi) is 9.26. The molecule has 0 unspecified atom stereocenters. The van der Waals surface area contributed by atoms with Gasteiger partial charge in [-0.2, -0.15) is 4.31 Å². The minimum absolute atomic E-state index is 0.117. The lowest BCUT2D eigenvalue weighted by molar-refractivity contribution is -0.121. The zero-order chi connectivity index (χ0) is 26.5. The average Bonchev–Trinajstić information content (AvgIpc) is 2.84. The lowest BCUT2D eigenvalue weighted by Gasteiger charge is -2.28. The fourth-order valence-corrected chi connectivity index (χ4v) is 6.84. The van der Waals surface area contributed by atoms with Gasteiger partial charge in [0.15, 0.2) is 0 Å². The van der Waals surface area contributed by atoms with Crippen LogP contribution in [0.3, 0.4) is 0 Å². The predicted octanol–water partition coefficient (Wildman–Crippen LogP) is 3.17. The monoisotopic (exact) mass is 557 g/mol. The zero-order valence-electron chi connectivity index (χ0n) is 20.6. The molecule has 1 N–H and O–H groups in total. The number of hydrogen-bond donors (Lipinski definition) is 1. The van der Waals surface area contributed by atoms with Crippen LogP contribution in [0.15, 0.2) is 47.4 Å². The molecule has 12 heteroatoms. The SMILES string of the molecule is Cc1ccc(N([C@@H](C)C(=O)NCCOc2ccc(S(=O)(=O)N3CCCCC3)cc2)S(C)(=O)=O)cc1Cl. The Labute approximate surface area is 218 Å². The van der Waals surface area contributed by atoms with E-state index in [1.54, 1.807) is 31.2 Å². The van der Waals surface area contributed by atoms with E-state index >= 15 is 0 Å². The number of carbonyl (C=O) groups excluding carboxylic acids is 1. The van der Waals surface area contributed by atoms with E-state index in [9.17, 15) is 21.6 Å². The fourth-order valence-electron chi connectivity index (χ4n) is 3.98. The van der Waals surface area contributed by atoms with Crippen molar-refractivity contribution in [3.05, 3.63) is 53.1 Å². The van der Waals surface area contributed by atoms with Gasteiger partial charge in [0.1, 0.15) is 18.4 Å². The number of anilines is 1. The quantitative estimate of drug-likeness (QED) is 0.449. The first-order chi connectivity index (χ1) is 16.9. The highest BCUT2D eigenvalue weighted by atomic mass is 35.5. The van der Waals surface area contributed by atoms with Gasteiger partial charge in [-0.1, -0.05) is 24.1 Å². The third-order valence-electron chi connectivity index (χ3n) is 5.94. The lowest BCUT2D eigenvalue weighted by atomic mass is 10.2. The van der Waals surface area contributed by atoms with Gasteiger partial charge in [0, 0.05) is 18.1 Å². The Morgan fingerprint density at radius 3 is 2.31 bits per heavy atom. The van der Waals surface area contributed by atoms with E-state index in [2.05, 4.69) is 5.32 Å². The summed E-state index contributed by atoms with van der Waals surface area (Å²) >= 11 is 6.15. The molecule has 1 fully saturated rings. The minimum atomic E-state index is -3.76. The van der Waals surface area contributed by atoms with E-state index < -0.39 is 32.0 Å². The highest BCUT2D eigenvalue weighted by molar-refractivity contribution is 7.92. The summed E-state index contributed by atoms with van der Waals surface area (Å²) in [6.07, 6.45) is 3.81. The van der Waals surface area contributed by atoms with Crippen molar-refractivity contribution in [2.45, 2.75) is 44.0 Å². The summed E-state index contributed by atoms with van der Waals surface area (Å²) in [6.45, 7) is 4.61. The first-order valence-corrected chi connectivity index (χ1v) is 15.3. The second-order valence-corrected chi connectivity index (χ2v) is 12.9. The molecule has 9 nitrogen and oxygen atoms in total. The van der Waals surface area contributed by atoms with Crippen LogP contribution in [0.1, 0.15) is 31.7 Å². The number of carbonyl (C=O) groups is 1. The Morgan fingerprint density at radius 2 is 1.72 bits per heavy atom. The Balaban J connectivity index is 1.55. The van der Waals surface area contributed by atoms with Gasteiger partial charge in [-0.05, 0) is 68.7 Å². The number of halogens is 1. The van der Waals surface area contributed by atoms with Crippen molar-refractivity contribution in [3.8, 4) is 5.75 Å². The van der Waals surface area contributed by atoms with Crippen LogP contribution in [-0.4, -0.2) is 65.6 Å². The number of sulfonamides is 2. The number of benzene rings is 2. The van der Waals surface area contributed by atoms with E-state index in [1.807, 2.05) is 0 Å². The van der Waals surface area contributed by atoms with Crippen LogP contribution >= 0.6 is 11.6 Å². The van der Waals surface area contributed by atoms with Crippen molar-refractivity contribution in [2.75, 3.05) is 36.8 Å². The summed E-state index contributed by atoms with van der Waals surface area (Å²) in [4.78, 5) is 12.9. The van der Waals surface area contributed by atoms with E-state index in [0.29, 0.717) is 29.5 Å². The third-order valence-corrected chi connectivity index (χ3v) is 9.51. The van der Waals surface area contributed by atoms with Crippen LogP contribution < -0.4 is 14.4 Å². The molecule has 2 aromatic carbocycles. The molecule has 0 aliphatic carbocycles. The van der Waals surface area contributed by atoms with Crippen LogP contribution in [0.4, 0.5) is 5.69 Å². The minimum Gasteiger partial charge on any atom is -0.492 e. The molecule has 0 saturated carbocycles. The maximum atomic E-state index is 12.7. The van der Waals surface area contributed by atoms with Crippen LogP contribution in [0.5, 0.6) is 5.75 Å². The molecule has 1 saturated heterocycles. The molecule has 1 aliphatic heterocycles. The van der Waals surface area contributed by atoms with E-state index in [0.717, 1.165) is 35.4 Å². The van der Waals surface area contributed by atoms with Crippen molar-refractivity contribution in [1.29, 1.82) is 0 Å². The van der Waals surface area contributed by atoms with E-state index in [4.69, 9.17) is 16.3 Å². The Morgan fingerprint density at radius 1 is 1.08 bits per heavy atom. The van der Waals surface area contributed by atoms with Gasteiger partial charge in [0.25, 0.3) is 0 Å². The number of piperidine rings is 1. The number of ether oxygens (including phenoxy) is 1. The average molecular weight is 558 g/mol. The van der Waals surface area contributed by atoms with Crippen molar-refractivity contribution >= 4 is 43.2 Å². The molecule has 0 bridgehead atoms. The first kappa shape index (κ1) is 28.2. The Bertz CT molecular complexity index is 1280. The molecule has 0 aromatic heterocycles. The molecule has 0 radical (unpaired) electrons. The lowest BCUT2D eigenvalue weighted by Crippen LogP contribution is -2.48. The van der Waals surface area contributed by atoms with Crippen LogP contribution in [0, 0.1) is 6.92 Å². The molecule has 3 rings (SSSR count). The highest BCUT2D eigenvalue weighted by Gasteiger charge is 2.29. The topological polar surface area (TPSA) is 113 Å². The fraction of sp³-hybridized carbons (Fsp3) is 0.458. The van der Waals surface area contributed by atoms with Gasteiger partial charge < -0.3 is 10.1 Å². The molecule has 1 amide bonds. The summed E-state index contributed by atoms with van der Waals surface area (Å²) in [7, 11) is -7.27. The van der Waals surface area contributed by atoms with Gasteiger partial charge >= 0.3 is 0 Å². The van der Waals surface area contributed by atoms with Gasteiger partial charge in [-0.3, -0.25) is 9.10 Å². The largest absolute Gasteiger partial charge is 0.492 e. The van der Waals surface area contributed by atoms with Crippen molar-refractivity contribution in [2.24, 2.45) is 0 Å². The van der Waals surface area contributed by atoms with Gasteiger partial charge in [-0.15, -0.1) is 0 Å². The number of amides is 1. The van der Waals surface area contributed by atoms with Crippen molar-refractivity contribution in [1.82, 2.24) is 9.62 Å². The maximum absolute atomic E-state index is 12.7. The second-order valence-electron chi connectivity index (χ2n) is 8.74. The van der Waals surface area contributed by atoms with Crippen LogP contribution in [-0.2, 0) is 24.8 Å². The van der Waals surface area contributed by atoms with Crippen molar-refractivity contribution < 1.29 is 26.4 Å². The summed E-state index contributed by atoms with van der Waals surface area (Å²) < 4.78 is 58.5. The molecular weight excluding hydrogens is 526 g/mol. The van der Waals surface area contributed by atoms with E-state index in [-0.39, 0.29) is 18.0 Å². The predicted molar refractivity (Wildman–Crippen MR) is 141 cm³/mol. The molecule has 1 heterocycles. The summed E-state index contributed by atoms with van der Waals surface area (Å²) in [5, 5.41) is 3.07. The summed E-state index contributed by atoms with van der Waals surface area (Å²) in [6, 6.07) is 9.97. The second kappa shape index (κ2) is 11.8. The highest BCUT2D eigenvalue weighted by Crippen LogP contribution is 2.27. The Hall–Kier alpha value is -2.34. The summed E-state index contributed by atoms with van der Waals surface area (Å²) in [5.74, 6) is -0.0364. The zero-order valence-corrected chi connectivity index (χ0v) is 23.0. The smallest absolute Gasteiger partial charge is 0.243 e. The molecule has 1 atom stereocenters. The van der Waals surface area contributed by atoms with Gasteiger partial charge in [-0.25, -0.2) is 16.8 Å². The van der Waals surface area contributed by atoms with E-state index in [1.165, 1.54) is 29.4 Å². The van der Waals surface area contributed by atoms with Gasteiger partial charge in [0.2, 0.25) is 26.0 Å². The molecule has 36 heavy (non-hydrogen) atoms.